The molecule has 1 saturated carbocycles. The second-order valence-electron chi connectivity index (χ2n) is 4.00. The number of ether oxygens (including phenoxy) is 1. The van der Waals surface area contributed by atoms with Crippen molar-refractivity contribution in [3.8, 4) is 0 Å². The maximum absolute atomic E-state index is 8.49. The number of hydrogen-bond acceptors (Lipinski definition) is 3. The van der Waals surface area contributed by atoms with E-state index in [0.717, 1.165) is 31.5 Å². The van der Waals surface area contributed by atoms with Gasteiger partial charge in [0.1, 0.15) is 0 Å². The molecule has 0 heterocycles. The lowest BCUT2D eigenvalue weighted by molar-refractivity contribution is 0.0902. The van der Waals surface area contributed by atoms with E-state index in [2.05, 4.69) is 12.2 Å². The van der Waals surface area contributed by atoms with Crippen LogP contribution in [0.3, 0.4) is 0 Å². The van der Waals surface area contributed by atoms with Crippen molar-refractivity contribution < 1.29 is 9.84 Å². The molecule has 1 aliphatic carbocycles. The highest BCUT2D eigenvalue weighted by Gasteiger charge is 2.28. The normalized spacial score (nSPS) is 18.4. The second kappa shape index (κ2) is 7.21. The third kappa shape index (κ3) is 4.94. The fourth-order valence-corrected chi connectivity index (χ4v) is 1.77. The molecule has 0 aromatic carbocycles. The molecule has 0 aliphatic heterocycles. The van der Waals surface area contributed by atoms with Crippen LogP contribution in [0.25, 0.3) is 0 Å². The number of aliphatic hydroxyl groups is 1. The minimum absolute atomic E-state index is 0.132. The lowest BCUT2D eigenvalue weighted by atomic mass is 10.1. The van der Waals surface area contributed by atoms with Crippen LogP contribution in [0.2, 0.25) is 0 Å². The number of aliphatic hydroxyl groups excluding tert-OH is 1. The summed E-state index contributed by atoms with van der Waals surface area (Å²) in [6, 6.07) is 0.729. The van der Waals surface area contributed by atoms with E-state index in [-0.39, 0.29) is 6.61 Å². The maximum atomic E-state index is 8.49. The smallest absolute Gasteiger partial charge is 0.0697 e. The molecule has 0 radical (unpaired) electrons. The van der Waals surface area contributed by atoms with Crippen LogP contribution in [0.1, 0.15) is 32.6 Å². The Balaban J connectivity index is 1.86. The third-order valence-corrected chi connectivity index (χ3v) is 2.74. The van der Waals surface area contributed by atoms with Crippen molar-refractivity contribution >= 4 is 0 Å². The molecule has 3 nitrogen and oxygen atoms in total. The Hall–Kier alpha value is -0.120. The summed E-state index contributed by atoms with van der Waals surface area (Å²) in [5.74, 6) is 0.943. The molecular weight excluding hydrogens is 178 g/mol. The quantitative estimate of drug-likeness (QED) is 0.550. The Morgan fingerprint density at radius 2 is 2.21 bits per heavy atom. The molecule has 1 unspecified atom stereocenters. The van der Waals surface area contributed by atoms with Crippen molar-refractivity contribution in [3.63, 3.8) is 0 Å². The molecular formula is C11H23NO2. The molecule has 1 aliphatic rings. The SMILES string of the molecule is CCC(NCCCOCCO)C1CC1. The van der Waals surface area contributed by atoms with Crippen LogP contribution >= 0.6 is 0 Å². The summed E-state index contributed by atoms with van der Waals surface area (Å²) >= 11 is 0. The second-order valence-corrected chi connectivity index (χ2v) is 4.00. The minimum atomic E-state index is 0.132. The molecule has 1 rings (SSSR count). The van der Waals surface area contributed by atoms with Crippen LogP contribution in [0, 0.1) is 5.92 Å². The summed E-state index contributed by atoms with van der Waals surface area (Å²) in [6.45, 7) is 4.65. The Bertz CT molecular complexity index is 137. The van der Waals surface area contributed by atoms with Gasteiger partial charge in [-0.2, -0.15) is 0 Å². The zero-order valence-electron chi connectivity index (χ0n) is 9.17. The number of hydrogen-bond donors (Lipinski definition) is 2. The van der Waals surface area contributed by atoms with Crippen LogP contribution in [0.4, 0.5) is 0 Å². The summed E-state index contributed by atoms with van der Waals surface area (Å²) in [5, 5.41) is 12.1. The van der Waals surface area contributed by atoms with Crippen LogP contribution in [0.5, 0.6) is 0 Å². The first-order valence-electron chi connectivity index (χ1n) is 5.80. The predicted octanol–water partition coefficient (Wildman–Crippen LogP) is 1.16. The number of nitrogens with one attached hydrogen (secondary N) is 1. The van der Waals surface area contributed by atoms with E-state index < -0.39 is 0 Å². The molecule has 84 valence electrons. The van der Waals surface area contributed by atoms with Crippen LogP contribution < -0.4 is 5.32 Å². The van der Waals surface area contributed by atoms with Gasteiger partial charge in [-0.15, -0.1) is 0 Å². The van der Waals surface area contributed by atoms with Gasteiger partial charge in [-0.1, -0.05) is 6.92 Å². The lowest BCUT2D eigenvalue weighted by Gasteiger charge is -2.15. The van der Waals surface area contributed by atoms with Gasteiger partial charge in [-0.3, -0.25) is 0 Å². The van der Waals surface area contributed by atoms with E-state index >= 15 is 0 Å². The first-order valence-corrected chi connectivity index (χ1v) is 5.80. The fraction of sp³-hybridized carbons (Fsp3) is 1.00. The highest BCUT2D eigenvalue weighted by atomic mass is 16.5. The zero-order chi connectivity index (χ0) is 10.2. The molecule has 0 aromatic rings. The third-order valence-electron chi connectivity index (χ3n) is 2.74. The van der Waals surface area contributed by atoms with E-state index in [1.54, 1.807) is 0 Å². The van der Waals surface area contributed by atoms with E-state index in [4.69, 9.17) is 9.84 Å². The van der Waals surface area contributed by atoms with E-state index in [1.807, 2.05) is 0 Å². The van der Waals surface area contributed by atoms with Gasteiger partial charge in [0.2, 0.25) is 0 Å². The van der Waals surface area contributed by atoms with Crippen molar-refractivity contribution in [2.45, 2.75) is 38.6 Å². The Labute approximate surface area is 86.8 Å². The molecule has 1 fully saturated rings. The monoisotopic (exact) mass is 201 g/mol. The highest BCUT2D eigenvalue weighted by Crippen LogP contribution is 2.33. The van der Waals surface area contributed by atoms with Gasteiger partial charge in [0, 0.05) is 12.6 Å². The summed E-state index contributed by atoms with van der Waals surface area (Å²) in [5.41, 5.74) is 0. The van der Waals surface area contributed by atoms with Crippen LogP contribution in [-0.2, 0) is 4.74 Å². The van der Waals surface area contributed by atoms with Gasteiger partial charge in [0.25, 0.3) is 0 Å². The summed E-state index contributed by atoms with van der Waals surface area (Å²) in [4.78, 5) is 0. The van der Waals surface area contributed by atoms with E-state index in [1.165, 1.54) is 19.3 Å². The molecule has 0 amide bonds. The van der Waals surface area contributed by atoms with E-state index in [0.29, 0.717) is 6.61 Å². The first kappa shape index (κ1) is 12.0. The minimum Gasteiger partial charge on any atom is -0.394 e. The molecule has 0 bridgehead atoms. The molecule has 0 aromatic heterocycles. The lowest BCUT2D eigenvalue weighted by Crippen LogP contribution is -2.31. The van der Waals surface area contributed by atoms with Gasteiger partial charge in [-0.25, -0.2) is 0 Å². The largest absolute Gasteiger partial charge is 0.394 e. The van der Waals surface area contributed by atoms with Crippen LogP contribution in [0.15, 0.2) is 0 Å². The van der Waals surface area contributed by atoms with Crippen molar-refractivity contribution in [2.75, 3.05) is 26.4 Å². The predicted molar refractivity (Wildman–Crippen MR) is 57.3 cm³/mol. The number of rotatable bonds is 9. The molecule has 1 atom stereocenters. The maximum Gasteiger partial charge on any atom is 0.0697 e. The molecule has 2 N–H and O–H groups in total. The van der Waals surface area contributed by atoms with Gasteiger partial charge in [-0.05, 0) is 38.1 Å². The average Bonchev–Trinajstić information content (AvgIpc) is 3.01. The molecule has 14 heavy (non-hydrogen) atoms. The van der Waals surface area contributed by atoms with Gasteiger partial charge in [0.15, 0.2) is 0 Å². The fourth-order valence-electron chi connectivity index (χ4n) is 1.77. The Morgan fingerprint density at radius 3 is 2.79 bits per heavy atom. The van der Waals surface area contributed by atoms with Gasteiger partial charge < -0.3 is 15.2 Å². The standard InChI is InChI=1S/C11H23NO2/c1-2-11(10-4-5-10)12-6-3-8-14-9-7-13/h10-13H,2-9H2,1H3. The molecule has 0 saturated heterocycles. The summed E-state index contributed by atoms with van der Waals surface area (Å²) < 4.78 is 5.18. The van der Waals surface area contributed by atoms with Crippen LogP contribution in [-0.4, -0.2) is 37.5 Å². The first-order chi connectivity index (χ1) is 6.88. The van der Waals surface area contributed by atoms with Crippen molar-refractivity contribution in [2.24, 2.45) is 5.92 Å². The molecule has 0 spiro atoms. The molecule has 3 heteroatoms. The average molecular weight is 201 g/mol. The van der Waals surface area contributed by atoms with E-state index in [9.17, 15) is 0 Å². The van der Waals surface area contributed by atoms with Crippen molar-refractivity contribution in [1.29, 1.82) is 0 Å². The summed E-state index contributed by atoms with van der Waals surface area (Å²) in [7, 11) is 0. The van der Waals surface area contributed by atoms with Crippen molar-refractivity contribution in [3.05, 3.63) is 0 Å². The van der Waals surface area contributed by atoms with Crippen molar-refractivity contribution in [1.82, 2.24) is 5.32 Å². The topological polar surface area (TPSA) is 41.5 Å². The Morgan fingerprint density at radius 1 is 1.43 bits per heavy atom. The highest BCUT2D eigenvalue weighted by molar-refractivity contribution is 4.85. The summed E-state index contributed by atoms with van der Waals surface area (Å²) in [6.07, 6.45) is 5.10. The Kier molecular flexibility index (Phi) is 6.15. The van der Waals surface area contributed by atoms with Gasteiger partial charge in [0.05, 0.1) is 13.2 Å². The zero-order valence-corrected chi connectivity index (χ0v) is 9.17. The van der Waals surface area contributed by atoms with Gasteiger partial charge >= 0.3 is 0 Å².